The summed E-state index contributed by atoms with van der Waals surface area (Å²) in [6, 6.07) is 14.2. The van der Waals surface area contributed by atoms with E-state index < -0.39 is 0 Å². The molecule has 3 amide bonds. The number of para-hydroxylation sites is 1. The molecule has 1 aliphatic rings. The summed E-state index contributed by atoms with van der Waals surface area (Å²) in [5.74, 6) is 0.926. The van der Waals surface area contributed by atoms with Gasteiger partial charge in [-0.25, -0.2) is 4.79 Å². The molecule has 1 atom stereocenters. The van der Waals surface area contributed by atoms with Gasteiger partial charge in [-0.05, 0) is 25.0 Å². The number of aromatic nitrogens is 2. The lowest BCUT2D eigenvalue weighted by Crippen LogP contribution is -2.41. The van der Waals surface area contributed by atoms with Crippen LogP contribution in [0, 0.1) is 0 Å². The lowest BCUT2D eigenvalue weighted by atomic mass is 9.99. The maximum atomic E-state index is 12.9. The van der Waals surface area contributed by atoms with Gasteiger partial charge < -0.3 is 25.0 Å². The summed E-state index contributed by atoms with van der Waals surface area (Å²) in [5, 5.41) is 15.1. The SMILES string of the molecule is COc1cc(NC(=O)N2CCC[C@H](c3nnc(C(=O)Nc4ccccc4)s3)C2)cc(OC)c1. The maximum absolute atomic E-state index is 12.9. The third-order valence-electron chi connectivity index (χ3n) is 5.33. The molecular weight excluding hydrogens is 442 g/mol. The van der Waals surface area contributed by atoms with E-state index in [-0.39, 0.29) is 17.9 Å². The molecular formula is C23H25N5O4S. The molecule has 1 aromatic heterocycles. The number of nitrogens with zero attached hydrogens (tertiary/aromatic N) is 3. The first-order valence-corrected chi connectivity index (χ1v) is 11.4. The van der Waals surface area contributed by atoms with Gasteiger partial charge in [0.25, 0.3) is 5.91 Å². The fraction of sp³-hybridized carbons (Fsp3) is 0.304. The zero-order valence-electron chi connectivity index (χ0n) is 18.4. The molecule has 0 bridgehead atoms. The molecule has 9 nitrogen and oxygen atoms in total. The van der Waals surface area contributed by atoms with Gasteiger partial charge in [-0.3, -0.25) is 4.79 Å². The Kier molecular flexibility index (Phi) is 7.04. The number of amides is 3. The largest absolute Gasteiger partial charge is 0.497 e. The molecule has 172 valence electrons. The molecule has 1 fully saturated rings. The van der Waals surface area contributed by atoms with Gasteiger partial charge in [0.1, 0.15) is 16.5 Å². The lowest BCUT2D eigenvalue weighted by molar-refractivity contribution is 0.102. The predicted octanol–water partition coefficient (Wildman–Crippen LogP) is 4.22. The second-order valence-corrected chi connectivity index (χ2v) is 8.59. The van der Waals surface area contributed by atoms with Gasteiger partial charge in [-0.1, -0.05) is 29.5 Å². The quantitative estimate of drug-likeness (QED) is 0.562. The summed E-state index contributed by atoms with van der Waals surface area (Å²) >= 11 is 1.27. The first kappa shape index (κ1) is 22.5. The summed E-state index contributed by atoms with van der Waals surface area (Å²) in [4.78, 5) is 27.1. The number of urea groups is 1. The number of benzene rings is 2. The molecule has 1 aliphatic heterocycles. The molecule has 0 aliphatic carbocycles. The number of anilines is 2. The number of rotatable bonds is 6. The van der Waals surface area contributed by atoms with Gasteiger partial charge in [0.2, 0.25) is 5.01 Å². The summed E-state index contributed by atoms with van der Waals surface area (Å²) in [5.41, 5.74) is 1.29. The topological polar surface area (TPSA) is 106 Å². The van der Waals surface area contributed by atoms with Gasteiger partial charge >= 0.3 is 6.03 Å². The van der Waals surface area contributed by atoms with E-state index in [1.165, 1.54) is 11.3 Å². The third-order valence-corrected chi connectivity index (χ3v) is 6.41. The summed E-state index contributed by atoms with van der Waals surface area (Å²) < 4.78 is 10.5. The van der Waals surface area contributed by atoms with Crippen molar-refractivity contribution in [2.45, 2.75) is 18.8 Å². The minimum absolute atomic E-state index is 0.0279. The first-order chi connectivity index (χ1) is 16.1. The normalized spacial score (nSPS) is 15.6. The highest BCUT2D eigenvalue weighted by atomic mass is 32.1. The van der Waals surface area contributed by atoms with Crippen molar-refractivity contribution in [3.63, 3.8) is 0 Å². The van der Waals surface area contributed by atoms with Crippen LogP contribution in [0.3, 0.4) is 0 Å². The summed E-state index contributed by atoms with van der Waals surface area (Å²) in [6.45, 7) is 1.14. The van der Waals surface area contributed by atoms with Crippen LogP contribution in [-0.4, -0.2) is 54.3 Å². The molecule has 1 saturated heterocycles. The summed E-state index contributed by atoms with van der Waals surface area (Å²) in [6.07, 6.45) is 1.72. The van der Waals surface area contributed by atoms with Gasteiger partial charge in [0, 0.05) is 48.6 Å². The zero-order valence-corrected chi connectivity index (χ0v) is 19.2. The number of likely N-dealkylation sites (tertiary alicyclic amines) is 1. The average Bonchev–Trinajstić information content (AvgIpc) is 3.35. The minimum atomic E-state index is -0.290. The van der Waals surface area contributed by atoms with Crippen molar-refractivity contribution in [1.82, 2.24) is 15.1 Å². The number of hydrogen-bond acceptors (Lipinski definition) is 7. The average molecular weight is 468 g/mol. The second kappa shape index (κ2) is 10.3. The van der Waals surface area contributed by atoms with Crippen LogP contribution in [0.15, 0.2) is 48.5 Å². The van der Waals surface area contributed by atoms with Gasteiger partial charge in [0.15, 0.2) is 0 Å². The van der Waals surface area contributed by atoms with E-state index in [1.807, 2.05) is 30.3 Å². The van der Waals surface area contributed by atoms with Crippen molar-refractivity contribution in [2.75, 3.05) is 37.9 Å². The van der Waals surface area contributed by atoms with Crippen molar-refractivity contribution in [3.05, 3.63) is 58.5 Å². The Balaban J connectivity index is 1.39. The van der Waals surface area contributed by atoms with Crippen molar-refractivity contribution >= 4 is 34.6 Å². The molecule has 4 rings (SSSR count). The Bertz CT molecular complexity index is 1100. The number of piperidine rings is 1. The number of nitrogens with one attached hydrogen (secondary N) is 2. The molecule has 0 radical (unpaired) electrons. The van der Waals surface area contributed by atoms with Gasteiger partial charge in [0.05, 0.1) is 14.2 Å². The molecule has 0 unspecified atom stereocenters. The molecule has 3 aromatic rings. The van der Waals surface area contributed by atoms with Crippen LogP contribution in [0.5, 0.6) is 11.5 Å². The van der Waals surface area contributed by atoms with E-state index >= 15 is 0 Å². The Labute approximate surface area is 195 Å². The highest BCUT2D eigenvalue weighted by molar-refractivity contribution is 7.13. The molecule has 10 heteroatoms. The first-order valence-electron chi connectivity index (χ1n) is 10.5. The van der Waals surface area contributed by atoms with Crippen LogP contribution in [0.2, 0.25) is 0 Å². The van der Waals surface area contributed by atoms with Crippen LogP contribution < -0.4 is 20.1 Å². The standard InChI is InChI=1S/C23H25N5O4S/c1-31-18-11-17(12-19(13-18)32-2)25-23(30)28-10-6-7-15(14-28)21-26-27-22(33-21)20(29)24-16-8-4-3-5-9-16/h3-5,8-9,11-13,15H,6-7,10,14H2,1-2H3,(H,24,29)(H,25,30)/t15-/m0/s1. The van der Waals surface area contributed by atoms with E-state index in [0.29, 0.717) is 41.0 Å². The number of carbonyl (C=O) groups is 2. The maximum Gasteiger partial charge on any atom is 0.321 e. The molecule has 0 spiro atoms. The molecule has 2 N–H and O–H groups in total. The minimum Gasteiger partial charge on any atom is -0.497 e. The Morgan fingerprint density at radius 2 is 1.73 bits per heavy atom. The van der Waals surface area contributed by atoms with Crippen molar-refractivity contribution in [2.24, 2.45) is 0 Å². The Morgan fingerprint density at radius 3 is 2.42 bits per heavy atom. The highest BCUT2D eigenvalue weighted by Crippen LogP contribution is 2.30. The molecule has 2 aromatic carbocycles. The molecule has 2 heterocycles. The fourth-order valence-electron chi connectivity index (χ4n) is 3.64. The second-order valence-electron chi connectivity index (χ2n) is 7.58. The number of ether oxygens (including phenoxy) is 2. The predicted molar refractivity (Wildman–Crippen MR) is 126 cm³/mol. The van der Waals surface area contributed by atoms with E-state index in [1.54, 1.807) is 37.3 Å². The van der Waals surface area contributed by atoms with Crippen molar-refractivity contribution in [3.8, 4) is 11.5 Å². The van der Waals surface area contributed by atoms with Crippen LogP contribution in [0.25, 0.3) is 0 Å². The van der Waals surface area contributed by atoms with Crippen molar-refractivity contribution in [1.29, 1.82) is 0 Å². The number of carbonyl (C=O) groups excluding carboxylic acids is 2. The lowest BCUT2D eigenvalue weighted by Gasteiger charge is -2.31. The number of hydrogen-bond donors (Lipinski definition) is 2. The highest BCUT2D eigenvalue weighted by Gasteiger charge is 2.28. The van der Waals surface area contributed by atoms with E-state index in [0.717, 1.165) is 17.8 Å². The van der Waals surface area contributed by atoms with E-state index in [4.69, 9.17) is 9.47 Å². The zero-order chi connectivity index (χ0) is 23.2. The van der Waals surface area contributed by atoms with E-state index in [2.05, 4.69) is 20.8 Å². The molecule has 0 saturated carbocycles. The Morgan fingerprint density at radius 1 is 1.00 bits per heavy atom. The van der Waals surface area contributed by atoms with Crippen LogP contribution in [0.1, 0.15) is 33.6 Å². The monoisotopic (exact) mass is 467 g/mol. The van der Waals surface area contributed by atoms with Gasteiger partial charge in [-0.2, -0.15) is 0 Å². The van der Waals surface area contributed by atoms with E-state index in [9.17, 15) is 9.59 Å². The molecule has 33 heavy (non-hydrogen) atoms. The van der Waals surface area contributed by atoms with Gasteiger partial charge in [-0.15, -0.1) is 10.2 Å². The van der Waals surface area contributed by atoms with Crippen LogP contribution >= 0.6 is 11.3 Å². The number of methoxy groups -OCH3 is 2. The third kappa shape index (κ3) is 5.58. The van der Waals surface area contributed by atoms with Crippen molar-refractivity contribution < 1.29 is 19.1 Å². The summed E-state index contributed by atoms with van der Waals surface area (Å²) in [7, 11) is 3.12. The van der Waals surface area contributed by atoms with Crippen LogP contribution in [-0.2, 0) is 0 Å². The fourth-order valence-corrected chi connectivity index (χ4v) is 4.51. The Hall–Kier alpha value is -3.66. The smallest absolute Gasteiger partial charge is 0.321 e. The van der Waals surface area contributed by atoms with Crippen LogP contribution in [0.4, 0.5) is 16.2 Å².